The van der Waals surface area contributed by atoms with Gasteiger partial charge in [-0.15, -0.1) is 0 Å². The van der Waals surface area contributed by atoms with Crippen LogP contribution in [0.25, 0.3) is 0 Å². The van der Waals surface area contributed by atoms with Crippen LogP contribution in [-0.2, 0) is 11.3 Å². The van der Waals surface area contributed by atoms with Crippen LogP contribution in [0.4, 0.5) is 0 Å². The number of rotatable bonds is 5. The number of nitrogens with one attached hydrogen (secondary N) is 1. The molecule has 6 heteroatoms. The van der Waals surface area contributed by atoms with Gasteiger partial charge in [0, 0.05) is 6.54 Å². The first kappa shape index (κ1) is 13.2. The molecular weight excluding hydrogens is 224 g/mol. The molecule has 17 heavy (non-hydrogen) atoms. The summed E-state index contributed by atoms with van der Waals surface area (Å²) in [5.41, 5.74) is 4.33. The molecule has 1 heterocycles. The summed E-state index contributed by atoms with van der Waals surface area (Å²) in [4.78, 5) is 22.4. The Bertz CT molecular complexity index is 423. The maximum absolute atomic E-state index is 11.6. The molecule has 1 rings (SSSR count). The van der Waals surface area contributed by atoms with Crippen molar-refractivity contribution in [3.05, 3.63) is 23.7 Å². The molecular formula is C11H16N2O4. The highest BCUT2D eigenvalue weighted by molar-refractivity contribution is 5.91. The minimum atomic E-state index is -1.01. The van der Waals surface area contributed by atoms with Crippen molar-refractivity contribution in [2.24, 2.45) is 11.1 Å². The average Bonchev–Trinajstić information content (AvgIpc) is 2.74. The molecule has 0 fully saturated rings. The summed E-state index contributed by atoms with van der Waals surface area (Å²) in [6.07, 6.45) is 0. The number of hydrogen-bond acceptors (Lipinski definition) is 4. The zero-order valence-electron chi connectivity index (χ0n) is 9.82. The Morgan fingerprint density at radius 3 is 2.59 bits per heavy atom. The van der Waals surface area contributed by atoms with Crippen molar-refractivity contribution in [2.45, 2.75) is 20.4 Å². The fourth-order valence-corrected chi connectivity index (χ4v) is 1.07. The van der Waals surface area contributed by atoms with Crippen molar-refractivity contribution in [1.29, 1.82) is 0 Å². The number of carbonyl (C=O) groups is 2. The molecule has 1 aromatic rings. The van der Waals surface area contributed by atoms with E-state index in [0.717, 1.165) is 0 Å². The lowest BCUT2D eigenvalue weighted by Gasteiger charge is -2.18. The van der Waals surface area contributed by atoms with Crippen LogP contribution in [0.1, 0.15) is 30.2 Å². The Hall–Kier alpha value is -1.82. The molecule has 0 unspecified atom stereocenters. The lowest BCUT2D eigenvalue weighted by Crippen LogP contribution is -2.38. The third-order valence-electron chi connectivity index (χ3n) is 2.36. The van der Waals surface area contributed by atoms with E-state index in [-0.39, 0.29) is 18.8 Å². The molecule has 0 aliphatic heterocycles. The standard InChI is InChI=1S/C11H16N2O4/c1-11(2,10(15)16)6-13-9(14)8-4-3-7(5-12)17-8/h3-4H,5-6,12H2,1-2H3,(H,13,14)(H,15,16). The summed E-state index contributed by atoms with van der Waals surface area (Å²) in [5, 5.41) is 11.4. The fraction of sp³-hybridized carbons (Fsp3) is 0.455. The predicted octanol–water partition coefficient (Wildman–Crippen LogP) is 0.579. The summed E-state index contributed by atoms with van der Waals surface area (Å²) in [7, 11) is 0. The molecule has 94 valence electrons. The van der Waals surface area contributed by atoms with E-state index in [1.165, 1.54) is 19.9 Å². The highest BCUT2D eigenvalue weighted by Crippen LogP contribution is 2.14. The molecule has 0 saturated heterocycles. The van der Waals surface area contributed by atoms with Crippen LogP contribution in [0.5, 0.6) is 0 Å². The van der Waals surface area contributed by atoms with Crippen molar-refractivity contribution in [3.8, 4) is 0 Å². The predicted molar refractivity (Wildman–Crippen MR) is 60.3 cm³/mol. The highest BCUT2D eigenvalue weighted by Gasteiger charge is 2.28. The Morgan fingerprint density at radius 2 is 2.12 bits per heavy atom. The molecule has 0 spiro atoms. The normalized spacial score (nSPS) is 11.2. The number of furan rings is 1. The summed E-state index contributed by atoms with van der Waals surface area (Å²) in [6, 6.07) is 3.11. The minimum absolute atomic E-state index is 0.0276. The molecule has 6 nitrogen and oxygen atoms in total. The number of hydrogen-bond donors (Lipinski definition) is 3. The molecule has 1 aromatic heterocycles. The first-order chi connectivity index (χ1) is 7.86. The lowest BCUT2D eigenvalue weighted by atomic mass is 9.94. The van der Waals surface area contributed by atoms with Crippen LogP contribution in [0, 0.1) is 5.41 Å². The average molecular weight is 240 g/mol. The topological polar surface area (TPSA) is 106 Å². The number of carbonyl (C=O) groups excluding carboxylic acids is 1. The van der Waals surface area contributed by atoms with Crippen molar-refractivity contribution >= 4 is 11.9 Å². The molecule has 0 saturated carbocycles. The van der Waals surface area contributed by atoms with E-state index in [9.17, 15) is 9.59 Å². The van der Waals surface area contributed by atoms with Gasteiger partial charge in [0.1, 0.15) is 5.76 Å². The van der Waals surface area contributed by atoms with Gasteiger partial charge in [-0.05, 0) is 26.0 Å². The van der Waals surface area contributed by atoms with Crippen LogP contribution < -0.4 is 11.1 Å². The lowest BCUT2D eigenvalue weighted by molar-refractivity contribution is -0.146. The Labute approximate surface area is 98.8 Å². The Kier molecular flexibility index (Phi) is 3.90. The van der Waals surface area contributed by atoms with Crippen molar-refractivity contribution in [1.82, 2.24) is 5.32 Å². The Morgan fingerprint density at radius 1 is 1.47 bits per heavy atom. The van der Waals surface area contributed by atoms with E-state index >= 15 is 0 Å². The van der Waals surface area contributed by atoms with Crippen LogP contribution >= 0.6 is 0 Å². The summed E-state index contributed by atoms with van der Waals surface area (Å²) >= 11 is 0. The van der Waals surface area contributed by atoms with E-state index in [0.29, 0.717) is 5.76 Å². The van der Waals surface area contributed by atoms with Crippen molar-refractivity contribution < 1.29 is 19.1 Å². The van der Waals surface area contributed by atoms with Crippen LogP contribution in [0.2, 0.25) is 0 Å². The summed E-state index contributed by atoms with van der Waals surface area (Å²) in [5.74, 6) is -0.779. The van der Waals surface area contributed by atoms with E-state index in [1.54, 1.807) is 6.07 Å². The van der Waals surface area contributed by atoms with E-state index in [1.807, 2.05) is 0 Å². The van der Waals surface area contributed by atoms with Gasteiger partial charge >= 0.3 is 5.97 Å². The SMILES string of the molecule is CC(C)(CNC(=O)c1ccc(CN)o1)C(=O)O. The molecule has 1 amide bonds. The molecule has 4 N–H and O–H groups in total. The maximum atomic E-state index is 11.6. The Balaban J connectivity index is 2.58. The van der Waals surface area contributed by atoms with Crippen LogP contribution in [0.3, 0.4) is 0 Å². The number of nitrogens with two attached hydrogens (primary N) is 1. The second-order valence-corrected chi connectivity index (χ2v) is 4.34. The molecule has 0 aromatic carbocycles. The van der Waals surface area contributed by atoms with Gasteiger partial charge < -0.3 is 20.6 Å². The zero-order chi connectivity index (χ0) is 13.1. The second-order valence-electron chi connectivity index (χ2n) is 4.34. The fourth-order valence-electron chi connectivity index (χ4n) is 1.07. The summed E-state index contributed by atoms with van der Waals surface area (Å²) in [6.45, 7) is 3.31. The van der Waals surface area contributed by atoms with Crippen LogP contribution in [0.15, 0.2) is 16.5 Å². The van der Waals surface area contributed by atoms with Gasteiger partial charge in [-0.1, -0.05) is 0 Å². The molecule has 0 radical (unpaired) electrons. The van der Waals surface area contributed by atoms with Gasteiger partial charge in [-0.25, -0.2) is 0 Å². The second kappa shape index (κ2) is 5.01. The first-order valence-corrected chi connectivity index (χ1v) is 5.17. The first-order valence-electron chi connectivity index (χ1n) is 5.17. The quantitative estimate of drug-likeness (QED) is 0.698. The molecule has 0 atom stereocenters. The maximum Gasteiger partial charge on any atom is 0.310 e. The largest absolute Gasteiger partial charge is 0.481 e. The number of amides is 1. The minimum Gasteiger partial charge on any atom is -0.481 e. The molecule has 0 bridgehead atoms. The van der Waals surface area contributed by atoms with Crippen molar-refractivity contribution in [3.63, 3.8) is 0 Å². The number of carboxylic acid groups (broad SMARTS) is 1. The van der Waals surface area contributed by atoms with Gasteiger partial charge in [0.25, 0.3) is 5.91 Å². The summed E-state index contributed by atoms with van der Waals surface area (Å²) < 4.78 is 5.14. The van der Waals surface area contributed by atoms with Gasteiger partial charge in [0.2, 0.25) is 0 Å². The molecule has 0 aliphatic carbocycles. The van der Waals surface area contributed by atoms with Gasteiger partial charge in [-0.2, -0.15) is 0 Å². The van der Waals surface area contributed by atoms with Gasteiger partial charge in [-0.3, -0.25) is 9.59 Å². The van der Waals surface area contributed by atoms with E-state index in [4.69, 9.17) is 15.3 Å². The molecule has 0 aliphatic rings. The zero-order valence-corrected chi connectivity index (χ0v) is 9.82. The van der Waals surface area contributed by atoms with Gasteiger partial charge in [0.05, 0.1) is 12.0 Å². The third kappa shape index (κ3) is 3.32. The number of carboxylic acids is 1. The van der Waals surface area contributed by atoms with E-state index < -0.39 is 17.3 Å². The third-order valence-corrected chi connectivity index (χ3v) is 2.36. The van der Waals surface area contributed by atoms with E-state index in [2.05, 4.69) is 5.32 Å². The highest BCUT2D eigenvalue weighted by atomic mass is 16.4. The van der Waals surface area contributed by atoms with Crippen LogP contribution in [-0.4, -0.2) is 23.5 Å². The van der Waals surface area contributed by atoms with Crippen molar-refractivity contribution in [2.75, 3.05) is 6.54 Å². The number of aliphatic carboxylic acids is 1. The smallest absolute Gasteiger partial charge is 0.310 e. The van der Waals surface area contributed by atoms with Gasteiger partial charge in [0.15, 0.2) is 5.76 Å². The monoisotopic (exact) mass is 240 g/mol.